The third kappa shape index (κ3) is 3.85. The second kappa shape index (κ2) is 5.67. The number of nitrogens with one attached hydrogen (secondary N) is 1. The Morgan fingerprint density at radius 2 is 2.47 bits per heavy atom. The second-order valence-electron chi connectivity index (χ2n) is 3.05. The number of nitrogens with two attached hydrogens (primary N) is 1. The molecule has 6 heteroatoms. The van der Waals surface area contributed by atoms with Crippen molar-refractivity contribution in [1.29, 1.82) is 0 Å². The number of hydrogen-bond donors (Lipinski definition) is 2. The van der Waals surface area contributed by atoms with Gasteiger partial charge in [-0.1, -0.05) is 5.57 Å². The molecular weight excluding hydrogens is 260 g/mol. The van der Waals surface area contributed by atoms with Crippen LogP contribution in [0.15, 0.2) is 22.8 Å². The third-order valence-electron chi connectivity index (χ3n) is 1.61. The summed E-state index contributed by atoms with van der Waals surface area (Å²) in [7, 11) is 0. The molecular formula is C9H13BrN4O. The molecule has 3 N–H and O–H groups in total. The lowest BCUT2D eigenvalue weighted by Crippen LogP contribution is -2.11. The van der Waals surface area contributed by atoms with E-state index in [1.165, 1.54) is 0 Å². The first-order valence-corrected chi connectivity index (χ1v) is 5.19. The zero-order valence-electron chi connectivity index (χ0n) is 8.46. The van der Waals surface area contributed by atoms with Crippen LogP contribution in [0.1, 0.15) is 13.3 Å². The molecule has 0 saturated heterocycles. The fourth-order valence-corrected chi connectivity index (χ4v) is 1.15. The van der Waals surface area contributed by atoms with Gasteiger partial charge >= 0.3 is 0 Å². The summed E-state index contributed by atoms with van der Waals surface area (Å²) in [6.45, 7) is 6.27. The molecule has 0 spiro atoms. The molecule has 0 radical (unpaired) electrons. The summed E-state index contributed by atoms with van der Waals surface area (Å²) >= 11 is 3.29. The van der Waals surface area contributed by atoms with Gasteiger partial charge in [-0.3, -0.25) is 5.43 Å². The van der Waals surface area contributed by atoms with Crippen LogP contribution in [0.4, 0.5) is 5.95 Å². The van der Waals surface area contributed by atoms with Crippen molar-refractivity contribution in [3.05, 3.63) is 22.8 Å². The third-order valence-corrected chi connectivity index (χ3v) is 2.15. The highest BCUT2D eigenvalue weighted by Gasteiger charge is 2.05. The van der Waals surface area contributed by atoms with Gasteiger partial charge in [0.1, 0.15) is 0 Å². The average Bonchev–Trinajstić information content (AvgIpc) is 2.20. The van der Waals surface area contributed by atoms with Gasteiger partial charge in [0.15, 0.2) is 0 Å². The van der Waals surface area contributed by atoms with Crippen LogP contribution in [0.3, 0.4) is 0 Å². The van der Waals surface area contributed by atoms with Crippen LogP contribution in [0.2, 0.25) is 0 Å². The van der Waals surface area contributed by atoms with Crippen LogP contribution in [0.5, 0.6) is 5.88 Å². The van der Waals surface area contributed by atoms with Gasteiger partial charge in [0.05, 0.1) is 17.3 Å². The summed E-state index contributed by atoms with van der Waals surface area (Å²) in [6.07, 6.45) is 2.38. The zero-order chi connectivity index (χ0) is 11.3. The Morgan fingerprint density at radius 1 is 1.73 bits per heavy atom. The number of hydrazine groups is 1. The highest BCUT2D eigenvalue weighted by molar-refractivity contribution is 9.10. The normalized spacial score (nSPS) is 9.80. The maximum absolute atomic E-state index is 5.44. The Balaban J connectivity index is 2.62. The average molecular weight is 273 g/mol. The summed E-state index contributed by atoms with van der Waals surface area (Å²) in [5, 5.41) is 0. The summed E-state index contributed by atoms with van der Waals surface area (Å²) in [6, 6.07) is 0. The SMILES string of the molecule is C=C(C)CCOc1nc(NN)ncc1Br. The van der Waals surface area contributed by atoms with Gasteiger partial charge in [-0.05, 0) is 22.9 Å². The molecule has 0 amide bonds. The van der Waals surface area contributed by atoms with Crippen molar-refractivity contribution in [2.45, 2.75) is 13.3 Å². The van der Waals surface area contributed by atoms with Gasteiger partial charge in [-0.25, -0.2) is 10.8 Å². The van der Waals surface area contributed by atoms with Gasteiger partial charge in [0.2, 0.25) is 11.8 Å². The van der Waals surface area contributed by atoms with Gasteiger partial charge in [0, 0.05) is 6.42 Å². The van der Waals surface area contributed by atoms with E-state index in [9.17, 15) is 0 Å². The molecule has 0 aliphatic heterocycles. The highest BCUT2D eigenvalue weighted by Crippen LogP contribution is 2.22. The minimum Gasteiger partial charge on any atom is -0.476 e. The van der Waals surface area contributed by atoms with Gasteiger partial charge in [-0.15, -0.1) is 6.58 Å². The second-order valence-corrected chi connectivity index (χ2v) is 3.90. The molecule has 1 heterocycles. The lowest BCUT2D eigenvalue weighted by atomic mass is 10.3. The van der Waals surface area contributed by atoms with E-state index >= 15 is 0 Å². The summed E-state index contributed by atoms with van der Waals surface area (Å²) in [5.74, 6) is 5.98. The van der Waals surface area contributed by atoms with E-state index < -0.39 is 0 Å². The van der Waals surface area contributed by atoms with Crippen LogP contribution in [-0.2, 0) is 0 Å². The van der Waals surface area contributed by atoms with Crippen molar-refractivity contribution in [1.82, 2.24) is 9.97 Å². The smallest absolute Gasteiger partial charge is 0.240 e. The van der Waals surface area contributed by atoms with Gasteiger partial charge in [-0.2, -0.15) is 4.98 Å². The van der Waals surface area contributed by atoms with Crippen LogP contribution < -0.4 is 16.0 Å². The number of aromatic nitrogens is 2. The van der Waals surface area contributed by atoms with Crippen molar-refractivity contribution in [2.75, 3.05) is 12.0 Å². The number of halogens is 1. The molecule has 0 aliphatic rings. The van der Waals surface area contributed by atoms with Crippen LogP contribution >= 0.6 is 15.9 Å². The molecule has 82 valence electrons. The van der Waals surface area contributed by atoms with E-state index in [1.54, 1.807) is 6.20 Å². The molecule has 5 nitrogen and oxygen atoms in total. The Morgan fingerprint density at radius 3 is 3.07 bits per heavy atom. The topological polar surface area (TPSA) is 73.1 Å². The molecule has 1 rings (SSSR count). The fraction of sp³-hybridized carbons (Fsp3) is 0.333. The number of nitrogens with zero attached hydrogens (tertiary/aromatic N) is 2. The standard InChI is InChI=1S/C9H13BrN4O/c1-6(2)3-4-15-8-7(10)5-12-9(13-8)14-11/h5H,1,3-4,11H2,2H3,(H,12,13,14). The van der Waals surface area contributed by atoms with E-state index in [-0.39, 0.29) is 0 Å². The lowest BCUT2D eigenvalue weighted by Gasteiger charge is -2.07. The first kappa shape index (κ1) is 11.9. The predicted molar refractivity (Wildman–Crippen MR) is 62.5 cm³/mol. The molecule has 0 atom stereocenters. The minimum atomic E-state index is 0.323. The van der Waals surface area contributed by atoms with Gasteiger partial charge < -0.3 is 4.74 Å². The monoisotopic (exact) mass is 272 g/mol. The number of ether oxygens (including phenoxy) is 1. The number of rotatable bonds is 5. The number of nitrogen functional groups attached to an aromatic ring is 1. The minimum absolute atomic E-state index is 0.323. The molecule has 0 unspecified atom stereocenters. The molecule has 15 heavy (non-hydrogen) atoms. The van der Waals surface area contributed by atoms with Crippen molar-refractivity contribution in [3.63, 3.8) is 0 Å². The Labute approximate surface area is 96.8 Å². The number of anilines is 1. The van der Waals surface area contributed by atoms with Crippen LogP contribution in [0.25, 0.3) is 0 Å². The molecule has 1 aromatic heterocycles. The Hall–Kier alpha value is -1.14. The lowest BCUT2D eigenvalue weighted by molar-refractivity contribution is 0.307. The molecule has 0 saturated carbocycles. The Bertz CT molecular complexity index is 356. The molecule has 1 aromatic rings. The zero-order valence-corrected chi connectivity index (χ0v) is 10.0. The van der Waals surface area contributed by atoms with E-state index in [1.807, 2.05) is 6.92 Å². The Kier molecular flexibility index (Phi) is 4.51. The molecule has 0 bridgehead atoms. The maximum atomic E-state index is 5.44. The van der Waals surface area contributed by atoms with Crippen molar-refractivity contribution >= 4 is 21.9 Å². The van der Waals surface area contributed by atoms with Crippen molar-refractivity contribution in [2.24, 2.45) is 5.84 Å². The molecule has 0 aromatic carbocycles. The summed E-state index contributed by atoms with van der Waals surface area (Å²) < 4.78 is 6.13. The fourth-order valence-electron chi connectivity index (χ4n) is 0.844. The number of hydrogen-bond acceptors (Lipinski definition) is 5. The first-order chi connectivity index (χ1) is 7.13. The van der Waals surface area contributed by atoms with Crippen LogP contribution in [-0.4, -0.2) is 16.6 Å². The summed E-state index contributed by atoms with van der Waals surface area (Å²) in [5.41, 5.74) is 3.42. The van der Waals surface area contributed by atoms with E-state index in [0.717, 1.165) is 12.0 Å². The van der Waals surface area contributed by atoms with E-state index in [2.05, 4.69) is 37.9 Å². The predicted octanol–water partition coefficient (Wildman–Crippen LogP) is 1.87. The molecule has 0 fully saturated rings. The first-order valence-electron chi connectivity index (χ1n) is 4.40. The van der Waals surface area contributed by atoms with Gasteiger partial charge in [0.25, 0.3) is 0 Å². The maximum Gasteiger partial charge on any atom is 0.240 e. The van der Waals surface area contributed by atoms with Crippen molar-refractivity contribution in [3.8, 4) is 5.88 Å². The van der Waals surface area contributed by atoms with E-state index in [4.69, 9.17) is 10.6 Å². The van der Waals surface area contributed by atoms with Crippen LogP contribution in [0, 0.1) is 0 Å². The molecule has 0 aliphatic carbocycles. The largest absolute Gasteiger partial charge is 0.476 e. The van der Waals surface area contributed by atoms with Crippen molar-refractivity contribution < 1.29 is 4.74 Å². The van der Waals surface area contributed by atoms with E-state index in [0.29, 0.717) is 22.9 Å². The quantitative estimate of drug-likeness (QED) is 0.486. The summed E-state index contributed by atoms with van der Waals surface area (Å²) in [4.78, 5) is 7.95. The highest BCUT2D eigenvalue weighted by atomic mass is 79.9.